The van der Waals surface area contributed by atoms with Crippen LogP contribution >= 0.6 is 11.8 Å². The second kappa shape index (κ2) is 9.87. The molecule has 2 aromatic rings. The van der Waals surface area contributed by atoms with Crippen molar-refractivity contribution in [1.29, 1.82) is 0 Å². The van der Waals surface area contributed by atoms with Gasteiger partial charge in [-0.15, -0.1) is 0 Å². The van der Waals surface area contributed by atoms with Crippen molar-refractivity contribution in [1.82, 2.24) is 15.0 Å². The van der Waals surface area contributed by atoms with Crippen LogP contribution < -0.4 is 15.3 Å². The lowest BCUT2D eigenvalue weighted by atomic mass is 9.86. The van der Waals surface area contributed by atoms with Crippen molar-refractivity contribution in [3.8, 4) is 11.8 Å². The number of methoxy groups -OCH3 is 2. The van der Waals surface area contributed by atoms with Gasteiger partial charge in [-0.25, -0.2) is 10.9 Å². The van der Waals surface area contributed by atoms with Gasteiger partial charge in [-0.3, -0.25) is 9.59 Å². The molecule has 2 rings (SSSR count). The maximum absolute atomic E-state index is 13.3. The van der Waals surface area contributed by atoms with E-state index in [1.165, 1.54) is 20.3 Å². The number of hydrazine groups is 1. The lowest BCUT2D eigenvalue weighted by molar-refractivity contribution is -0.130. The van der Waals surface area contributed by atoms with Gasteiger partial charge in [-0.05, 0) is 28.5 Å². The molecule has 8 nitrogen and oxygen atoms in total. The molecule has 0 saturated carbocycles. The average molecular weight is 461 g/mol. The Morgan fingerprint density at radius 1 is 0.969 bits per heavy atom. The highest BCUT2D eigenvalue weighted by Crippen LogP contribution is 2.36. The lowest BCUT2D eigenvalue weighted by Gasteiger charge is -2.31. The van der Waals surface area contributed by atoms with Crippen LogP contribution in [0.25, 0.3) is 0 Å². The molecule has 0 saturated heterocycles. The zero-order valence-electron chi connectivity index (χ0n) is 19.9. The standard InChI is InChI=1S/C23H32N4O4S/c1-22(2,3)15-11-9-14(10-12-15)19(28)27(24)20(29)18(23(4,5)6)32-21-25-16(30-7)13-17(26-21)31-8/h9-13,18H,24H2,1-8H3. The van der Waals surface area contributed by atoms with E-state index in [9.17, 15) is 9.59 Å². The van der Waals surface area contributed by atoms with Crippen molar-refractivity contribution in [2.24, 2.45) is 11.3 Å². The second-order valence-corrected chi connectivity index (χ2v) is 10.5. The number of benzene rings is 1. The van der Waals surface area contributed by atoms with E-state index in [1.807, 2.05) is 32.9 Å². The molecule has 0 radical (unpaired) electrons. The van der Waals surface area contributed by atoms with Crippen molar-refractivity contribution in [2.45, 2.75) is 57.4 Å². The third-order valence-corrected chi connectivity index (χ3v) is 6.30. The first kappa shape index (κ1) is 25.6. The molecule has 2 N–H and O–H groups in total. The summed E-state index contributed by atoms with van der Waals surface area (Å²) in [5.74, 6) is 5.50. The first-order valence-corrected chi connectivity index (χ1v) is 11.0. The Labute approximate surface area is 193 Å². The summed E-state index contributed by atoms with van der Waals surface area (Å²) in [6.07, 6.45) is 0. The molecule has 1 aromatic heterocycles. The number of hydrogen-bond acceptors (Lipinski definition) is 8. The van der Waals surface area contributed by atoms with Gasteiger partial charge in [0.2, 0.25) is 11.8 Å². The van der Waals surface area contributed by atoms with Gasteiger partial charge in [0.15, 0.2) is 5.16 Å². The highest BCUT2D eigenvalue weighted by molar-refractivity contribution is 8.00. The van der Waals surface area contributed by atoms with Gasteiger partial charge < -0.3 is 9.47 Å². The first-order valence-electron chi connectivity index (χ1n) is 10.1. The second-order valence-electron chi connectivity index (χ2n) is 9.44. The fourth-order valence-electron chi connectivity index (χ4n) is 2.83. The molecule has 0 aliphatic carbocycles. The minimum Gasteiger partial charge on any atom is -0.481 e. The Hall–Kier alpha value is -2.65. The van der Waals surface area contributed by atoms with Crippen LogP contribution in [0.3, 0.4) is 0 Å². The van der Waals surface area contributed by atoms with Crippen LogP contribution in [-0.2, 0) is 10.2 Å². The predicted octanol–water partition coefficient (Wildman–Crippen LogP) is 3.84. The Balaban J connectivity index is 2.30. The number of ether oxygens (including phenoxy) is 2. The molecule has 0 aliphatic heterocycles. The highest BCUT2D eigenvalue weighted by Gasteiger charge is 2.38. The number of nitrogens with two attached hydrogens (primary N) is 1. The highest BCUT2D eigenvalue weighted by atomic mass is 32.2. The van der Waals surface area contributed by atoms with E-state index < -0.39 is 22.5 Å². The fourth-order valence-corrected chi connectivity index (χ4v) is 3.89. The van der Waals surface area contributed by atoms with Gasteiger partial charge in [-0.2, -0.15) is 9.97 Å². The van der Waals surface area contributed by atoms with Gasteiger partial charge in [0.05, 0.1) is 25.5 Å². The molecule has 174 valence electrons. The van der Waals surface area contributed by atoms with Crippen LogP contribution in [0.5, 0.6) is 11.8 Å². The van der Waals surface area contributed by atoms with E-state index in [-0.39, 0.29) is 10.6 Å². The molecule has 1 unspecified atom stereocenters. The van der Waals surface area contributed by atoms with Crippen LogP contribution in [0.1, 0.15) is 57.5 Å². The van der Waals surface area contributed by atoms with E-state index >= 15 is 0 Å². The fraction of sp³-hybridized carbons (Fsp3) is 0.478. The summed E-state index contributed by atoms with van der Waals surface area (Å²) < 4.78 is 10.4. The molecule has 1 atom stereocenters. The number of aromatic nitrogens is 2. The summed E-state index contributed by atoms with van der Waals surface area (Å²) in [7, 11) is 2.96. The van der Waals surface area contributed by atoms with Gasteiger partial charge >= 0.3 is 0 Å². The quantitative estimate of drug-likeness (QED) is 0.228. The van der Waals surface area contributed by atoms with Gasteiger partial charge in [0.1, 0.15) is 0 Å². The maximum atomic E-state index is 13.3. The van der Waals surface area contributed by atoms with Crippen LogP contribution in [0.15, 0.2) is 35.5 Å². The Morgan fingerprint density at radius 3 is 1.88 bits per heavy atom. The Morgan fingerprint density at radius 2 is 1.47 bits per heavy atom. The Bertz CT molecular complexity index is 943. The van der Waals surface area contributed by atoms with Crippen molar-refractivity contribution in [3.63, 3.8) is 0 Å². The number of hydrogen-bond donors (Lipinski definition) is 1. The van der Waals surface area contributed by atoms with Gasteiger partial charge in [0, 0.05) is 5.56 Å². The normalized spacial score (nSPS) is 12.8. The number of imide groups is 1. The molecule has 32 heavy (non-hydrogen) atoms. The molecule has 0 aliphatic rings. The maximum Gasteiger partial charge on any atom is 0.274 e. The largest absolute Gasteiger partial charge is 0.481 e. The SMILES string of the molecule is COc1cc(OC)nc(SC(C(=O)N(N)C(=O)c2ccc(C(C)(C)C)cc2)C(C)(C)C)n1. The number of thioether (sulfide) groups is 1. The third-order valence-electron chi connectivity index (χ3n) is 4.77. The topological polar surface area (TPSA) is 108 Å². The van der Waals surface area contributed by atoms with Crippen LogP contribution in [0.4, 0.5) is 0 Å². The average Bonchev–Trinajstić information content (AvgIpc) is 2.74. The summed E-state index contributed by atoms with van der Waals surface area (Å²) in [4.78, 5) is 34.8. The zero-order chi connectivity index (χ0) is 24.3. The summed E-state index contributed by atoms with van der Waals surface area (Å²) in [5, 5.41) is 0.221. The van der Waals surface area contributed by atoms with Crippen molar-refractivity contribution in [3.05, 3.63) is 41.5 Å². The van der Waals surface area contributed by atoms with E-state index in [0.29, 0.717) is 22.3 Å². The van der Waals surface area contributed by atoms with E-state index in [4.69, 9.17) is 15.3 Å². The molecule has 1 heterocycles. The summed E-state index contributed by atoms with van der Waals surface area (Å²) in [6.45, 7) is 11.9. The summed E-state index contributed by atoms with van der Waals surface area (Å²) in [6, 6.07) is 8.66. The van der Waals surface area contributed by atoms with Crippen LogP contribution in [0, 0.1) is 5.41 Å². The number of nitrogens with zero attached hydrogens (tertiary/aromatic N) is 3. The molecule has 2 amide bonds. The number of amides is 2. The molecule has 9 heteroatoms. The first-order chi connectivity index (χ1) is 14.8. The van der Waals surface area contributed by atoms with E-state index in [2.05, 4.69) is 30.7 Å². The number of carbonyl (C=O) groups excluding carboxylic acids is 2. The van der Waals surface area contributed by atoms with Crippen LogP contribution in [-0.4, -0.2) is 46.3 Å². The van der Waals surface area contributed by atoms with Crippen LogP contribution in [0.2, 0.25) is 0 Å². The lowest BCUT2D eigenvalue weighted by Crippen LogP contribution is -2.50. The van der Waals surface area contributed by atoms with Gasteiger partial charge in [-0.1, -0.05) is 65.4 Å². The van der Waals surface area contributed by atoms with Crippen molar-refractivity contribution < 1.29 is 19.1 Å². The number of carbonyl (C=O) groups is 2. The number of rotatable bonds is 6. The smallest absolute Gasteiger partial charge is 0.274 e. The van der Waals surface area contributed by atoms with E-state index in [0.717, 1.165) is 17.3 Å². The monoisotopic (exact) mass is 460 g/mol. The minimum absolute atomic E-state index is 0.0500. The zero-order valence-corrected chi connectivity index (χ0v) is 20.7. The molecule has 1 aromatic carbocycles. The molecular formula is C23H32N4O4S. The molecular weight excluding hydrogens is 428 g/mol. The molecule has 0 spiro atoms. The van der Waals surface area contributed by atoms with Crippen molar-refractivity contribution >= 4 is 23.6 Å². The molecule has 0 fully saturated rings. The Kier molecular flexibility index (Phi) is 7.90. The van der Waals surface area contributed by atoms with Crippen molar-refractivity contribution in [2.75, 3.05) is 14.2 Å². The van der Waals surface area contributed by atoms with Gasteiger partial charge in [0.25, 0.3) is 11.8 Å². The predicted molar refractivity (Wildman–Crippen MR) is 125 cm³/mol. The summed E-state index contributed by atoms with van der Waals surface area (Å²) in [5.41, 5.74) is 0.822. The van der Waals surface area contributed by atoms with E-state index in [1.54, 1.807) is 12.1 Å². The third kappa shape index (κ3) is 6.20. The molecule has 0 bridgehead atoms. The minimum atomic E-state index is -0.734. The summed E-state index contributed by atoms with van der Waals surface area (Å²) >= 11 is 1.10.